The fourth-order valence-electron chi connectivity index (χ4n) is 2.91. The summed E-state index contributed by atoms with van der Waals surface area (Å²) in [5.41, 5.74) is 1.36. The summed E-state index contributed by atoms with van der Waals surface area (Å²) < 4.78 is 15.9. The van der Waals surface area contributed by atoms with Gasteiger partial charge in [0.05, 0.1) is 26.3 Å². The highest BCUT2D eigenvalue weighted by Gasteiger charge is 2.08. The molecule has 9 heteroatoms. The van der Waals surface area contributed by atoms with Crippen molar-refractivity contribution >= 4 is 23.2 Å². The minimum Gasteiger partial charge on any atom is -0.457 e. The summed E-state index contributed by atoms with van der Waals surface area (Å²) in [7, 11) is 3.25. The highest BCUT2D eigenvalue weighted by atomic mass is 16.5. The van der Waals surface area contributed by atoms with Gasteiger partial charge in [-0.15, -0.1) is 0 Å². The zero-order chi connectivity index (χ0) is 24.1. The number of hydrogen-bond donors (Lipinski definition) is 4. The third kappa shape index (κ3) is 10.5. The molecule has 180 valence electrons. The number of carbonyl (C=O) groups excluding carboxylic acids is 2. The molecule has 9 nitrogen and oxygen atoms in total. The van der Waals surface area contributed by atoms with E-state index in [-0.39, 0.29) is 37.0 Å². The van der Waals surface area contributed by atoms with Gasteiger partial charge in [-0.05, 0) is 62.4 Å². The number of benzene rings is 2. The molecule has 0 bridgehead atoms. The van der Waals surface area contributed by atoms with E-state index in [4.69, 9.17) is 14.2 Å². The predicted molar refractivity (Wildman–Crippen MR) is 129 cm³/mol. The topological polar surface area (TPSA) is 110 Å². The fourth-order valence-corrected chi connectivity index (χ4v) is 2.91. The molecule has 2 aromatic carbocycles. The quantitative estimate of drug-likeness (QED) is 0.344. The van der Waals surface area contributed by atoms with E-state index in [1.54, 1.807) is 62.8 Å². The van der Waals surface area contributed by atoms with Crippen LogP contribution in [0.3, 0.4) is 0 Å². The number of hydrogen-bond acceptors (Lipinski definition) is 7. The van der Waals surface area contributed by atoms with Gasteiger partial charge >= 0.3 is 0 Å². The van der Waals surface area contributed by atoms with Gasteiger partial charge in [0.1, 0.15) is 11.5 Å². The first-order chi connectivity index (χ1) is 15.9. The van der Waals surface area contributed by atoms with Gasteiger partial charge in [0.25, 0.3) is 0 Å². The van der Waals surface area contributed by atoms with Crippen LogP contribution in [0.2, 0.25) is 0 Å². The van der Waals surface area contributed by atoms with Crippen LogP contribution in [-0.4, -0.2) is 64.4 Å². The Kier molecular flexibility index (Phi) is 11.3. The standard InChI is InChI=1S/C24H34N4O5/c1-17(15-31-3)25-13-23(29)27-19-5-9-21(10-6-19)33-22-11-7-20(8-12-22)28-24(30)14-26-18(2)16-32-4/h5-12,17-18,25-26H,13-16H2,1-4H3,(H,27,29)(H,28,30)/t17-,18-/m1/s1. The lowest BCUT2D eigenvalue weighted by Gasteiger charge is -2.13. The number of carbonyl (C=O) groups is 2. The summed E-state index contributed by atoms with van der Waals surface area (Å²) in [6.45, 7) is 5.38. The van der Waals surface area contributed by atoms with E-state index >= 15 is 0 Å². The van der Waals surface area contributed by atoms with Crippen LogP contribution in [0, 0.1) is 0 Å². The number of anilines is 2. The summed E-state index contributed by atoms with van der Waals surface area (Å²) in [6.07, 6.45) is 0. The van der Waals surface area contributed by atoms with E-state index in [1.807, 2.05) is 13.8 Å². The Morgan fingerprint density at radius 2 is 1.06 bits per heavy atom. The van der Waals surface area contributed by atoms with Crippen molar-refractivity contribution in [1.29, 1.82) is 0 Å². The Morgan fingerprint density at radius 3 is 1.39 bits per heavy atom. The Labute approximate surface area is 195 Å². The van der Waals surface area contributed by atoms with Gasteiger partial charge in [0, 0.05) is 37.7 Å². The molecular weight excluding hydrogens is 424 g/mol. The third-order valence-electron chi connectivity index (χ3n) is 4.57. The Hall–Kier alpha value is -2.98. The average Bonchev–Trinajstić information content (AvgIpc) is 2.79. The molecule has 0 aliphatic heterocycles. The lowest BCUT2D eigenvalue weighted by atomic mass is 10.2. The first-order valence-corrected chi connectivity index (χ1v) is 10.8. The molecule has 2 atom stereocenters. The summed E-state index contributed by atoms with van der Waals surface area (Å²) in [5, 5.41) is 11.8. The molecule has 0 aliphatic rings. The third-order valence-corrected chi connectivity index (χ3v) is 4.57. The number of rotatable bonds is 14. The van der Waals surface area contributed by atoms with Crippen LogP contribution in [0.25, 0.3) is 0 Å². The Morgan fingerprint density at radius 1 is 0.697 bits per heavy atom. The molecule has 0 saturated carbocycles. The Balaban J connectivity index is 1.78. The average molecular weight is 459 g/mol. The van der Waals surface area contributed by atoms with Crippen molar-refractivity contribution in [3.8, 4) is 11.5 Å². The first-order valence-electron chi connectivity index (χ1n) is 10.8. The van der Waals surface area contributed by atoms with Gasteiger partial charge in [0.2, 0.25) is 11.8 Å². The van der Waals surface area contributed by atoms with Gasteiger partial charge in [-0.3, -0.25) is 9.59 Å². The normalized spacial score (nSPS) is 12.6. The van der Waals surface area contributed by atoms with Gasteiger partial charge in [-0.25, -0.2) is 0 Å². The summed E-state index contributed by atoms with van der Waals surface area (Å²) in [6, 6.07) is 14.4. The minimum absolute atomic E-state index is 0.0949. The van der Waals surface area contributed by atoms with Crippen LogP contribution in [0.15, 0.2) is 48.5 Å². The number of ether oxygens (including phenoxy) is 3. The Bertz CT molecular complexity index is 787. The van der Waals surface area contributed by atoms with Crippen LogP contribution in [0.1, 0.15) is 13.8 Å². The van der Waals surface area contributed by atoms with Gasteiger partial charge in [-0.2, -0.15) is 0 Å². The second kappa shape index (κ2) is 14.2. The van der Waals surface area contributed by atoms with Gasteiger partial charge in [-0.1, -0.05) is 0 Å². The van der Waals surface area contributed by atoms with Crippen molar-refractivity contribution in [2.45, 2.75) is 25.9 Å². The van der Waals surface area contributed by atoms with E-state index in [1.165, 1.54) is 0 Å². The highest BCUT2D eigenvalue weighted by molar-refractivity contribution is 5.92. The van der Waals surface area contributed by atoms with Gasteiger partial charge < -0.3 is 35.5 Å². The molecule has 2 rings (SSSR count). The number of amides is 2. The second-order valence-electron chi connectivity index (χ2n) is 7.72. The van der Waals surface area contributed by atoms with Crippen molar-refractivity contribution in [3.63, 3.8) is 0 Å². The number of methoxy groups -OCH3 is 2. The molecule has 0 spiro atoms. The van der Waals surface area contributed by atoms with E-state index in [0.717, 1.165) is 0 Å². The van der Waals surface area contributed by atoms with Crippen molar-refractivity contribution in [3.05, 3.63) is 48.5 Å². The fraction of sp³-hybridized carbons (Fsp3) is 0.417. The SMILES string of the molecule is COC[C@@H](C)NCC(=O)Nc1ccc(Oc2ccc(NC(=O)CN[C@H](C)COC)cc2)cc1. The largest absolute Gasteiger partial charge is 0.457 e. The maximum absolute atomic E-state index is 12.0. The first kappa shape index (κ1) is 26.3. The van der Waals surface area contributed by atoms with E-state index < -0.39 is 0 Å². The molecule has 2 amide bonds. The lowest BCUT2D eigenvalue weighted by molar-refractivity contribution is -0.116. The summed E-state index contributed by atoms with van der Waals surface area (Å²) in [4.78, 5) is 24.0. The monoisotopic (exact) mass is 458 g/mol. The molecule has 0 radical (unpaired) electrons. The van der Waals surface area contributed by atoms with Crippen LogP contribution < -0.4 is 26.0 Å². The maximum Gasteiger partial charge on any atom is 0.238 e. The molecule has 0 heterocycles. The van der Waals surface area contributed by atoms with E-state index in [9.17, 15) is 9.59 Å². The van der Waals surface area contributed by atoms with Crippen molar-refractivity contribution in [2.75, 3.05) is 51.2 Å². The van der Waals surface area contributed by atoms with Gasteiger partial charge in [0.15, 0.2) is 0 Å². The second-order valence-corrected chi connectivity index (χ2v) is 7.72. The predicted octanol–water partition coefficient (Wildman–Crippen LogP) is 2.60. The zero-order valence-electron chi connectivity index (χ0n) is 19.6. The molecule has 4 N–H and O–H groups in total. The number of nitrogens with one attached hydrogen (secondary N) is 4. The maximum atomic E-state index is 12.0. The van der Waals surface area contributed by atoms with Crippen LogP contribution in [-0.2, 0) is 19.1 Å². The van der Waals surface area contributed by atoms with E-state index in [2.05, 4.69) is 21.3 Å². The minimum atomic E-state index is -0.132. The molecule has 0 saturated heterocycles. The smallest absolute Gasteiger partial charge is 0.238 e. The molecule has 0 aliphatic carbocycles. The highest BCUT2D eigenvalue weighted by Crippen LogP contribution is 2.24. The molecule has 0 fully saturated rings. The molecule has 33 heavy (non-hydrogen) atoms. The molecular formula is C24H34N4O5. The van der Waals surface area contributed by atoms with Crippen LogP contribution in [0.4, 0.5) is 11.4 Å². The van der Waals surface area contributed by atoms with Crippen molar-refractivity contribution < 1.29 is 23.8 Å². The molecule has 0 unspecified atom stereocenters. The van der Waals surface area contributed by atoms with Crippen molar-refractivity contribution in [1.82, 2.24) is 10.6 Å². The zero-order valence-corrected chi connectivity index (χ0v) is 19.6. The van der Waals surface area contributed by atoms with Crippen LogP contribution in [0.5, 0.6) is 11.5 Å². The van der Waals surface area contributed by atoms with Crippen molar-refractivity contribution in [2.24, 2.45) is 0 Å². The summed E-state index contributed by atoms with van der Waals surface area (Å²) >= 11 is 0. The lowest BCUT2D eigenvalue weighted by Crippen LogP contribution is -2.36. The molecule has 2 aromatic rings. The van der Waals surface area contributed by atoms with Crippen LogP contribution >= 0.6 is 0 Å². The molecule has 0 aromatic heterocycles. The summed E-state index contributed by atoms with van der Waals surface area (Å²) in [5.74, 6) is 1.00. The van der Waals surface area contributed by atoms with E-state index in [0.29, 0.717) is 36.1 Å².